The zero-order valence-electron chi connectivity index (χ0n) is 41.8. The Balaban J connectivity index is 0.936. The molecule has 7 aliphatic rings. The molecule has 72 heavy (non-hydrogen) atoms. The van der Waals surface area contributed by atoms with Crippen molar-refractivity contribution in [2.75, 3.05) is 52.6 Å². The summed E-state index contributed by atoms with van der Waals surface area (Å²) >= 11 is 0. The third kappa shape index (κ3) is 7.72. The highest BCUT2D eigenvalue weighted by molar-refractivity contribution is 6.13. The zero-order valence-corrected chi connectivity index (χ0v) is 41.8. The van der Waals surface area contributed by atoms with Gasteiger partial charge in [0, 0.05) is 76.1 Å². The van der Waals surface area contributed by atoms with Crippen molar-refractivity contribution in [1.82, 2.24) is 10.2 Å². The van der Waals surface area contributed by atoms with Gasteiger partial charge in [-0.1, -0.05) is 69.4 Å². The summed E-state index contributed by atoms with van der Waals surface area (Å²) in [6.07, 6.45) is 13.2. The fourth-order valence-electron chi connectivity index (χ4n) is 14.9. The molecule has 14 nitrogen and oxygen atoms in total. The Morgan fingerprint density at radius 1 is 0.806 bits per heavy atom. The zero-order chi connectivity index (χ0) is 49.9. The number of phenols is 1. The minimum atomic E-state index is -1.06. The molecule has 3 fully saturated rings. The van der Waals surface area contributed by atoms with E-state index >= 15 is 0 Å². The van der Waals surface area contributed by atoms with E-state index in [4.69, 9.17) is 23.7 Å². The van der Waals surface area contributed by atoms with E-state index in [1.165, 1.54) is 19.3 Å². The number of rotatable bonds is 15. The molecule has 382 valence electrons. The number of imide groups is 1. The Morgan fingerprint density at radius 3 is 2.22 bits per heavy atom. The first-order valence-corrected chi connectivity index (χ1v) is 26.3. The van der Waals surface area contributed by atoms with Crippen LogP contribution in [0.3, 0.4) is 0 Å². The van der Waals surface area contributed by atoms with Gasteiger partial charge in [0.05, 0.1) is 44.6 Å². The minimum Gasteiger partial charge on any atom is -0.502 e. The number of fused-ring (bicyclic) bond motifs is 2. The van der Waals surface area contributed by atoms with Gasteiger partial charge >= 0.3 is 0 Å². The van der Waals surface area contributed by atoms with Crippen LogP contribution in [0.4, 0.5) is 5.69 Å². The van der Waals surface area contributed by atoms with Gasteiger partial charge in [0.1, 0.15) is 24.0 Å². The van der Waals surface area contributed by atoms with Crippen LogP contribution in [-0.2, 0) is 27.8 Å². The molecule has 3 aliphatic heterocycles. The van der Waals surface area contributed by atoms with E-state index in [1.54, 1.807) is 24.1 Å². The Kier molecular flexibility index (Phi) is 12.9. The predicted molar refractivity (Wildman–Crippen MR) is 271 cm³/mol. The van der Waals surface area contributed by atoms with Crippen LogP contribution in [0, 0.1) is 17.3 Å². The number of carbonyl (C=O) groups is 2. The second kappa shape index (κ2) is 19.2. The number of hydrogen-bond donors (Lipinski definition) is 6. The summed E-state index contributed by atoms with van der Waals surface area (Å²) in [4.78, 5) is 29.3. The SMILES string of the molecule is CCNCOc1cc(OC)c2c3c1C(O)Nc1cc4c(c(c1-3)CC2)C(O)C(c1cc(OC)c(O)c(OCC(CO)C2(c3ccccc3)CCC3(CCCC3)C(C3(N5C(=O)C=CC5=O)CCCCC3)C2)c1)CO4. The first kappa shape index (κ1) is 48.5. The lowest BCUT2D eigenvalue weighted by Crippen LogP contribution is -2.64. The van der Waals surface area contributed by atoms with Crippen molar-refractivity contribution in [3.8, 4) is 45.6 Å². The molecule has 14 heteroatoms. The molecule has 0 radical (unpaired) electrons. The van der Waals surface area contributed by atoms with Crippen LogP contribution in [0.15, 0.2) is 66.7 Å². The monoisotopic (exact) mass is 983 g/mol. The van der Waals surface area contributed by atoms with Crippen LogP contribution < -0.4 is 34.3 Å². The van der Waals surface area contributed by atoms with Crippen molar-refractivity contribution in [2.45, 2.75) is 126 Å². The number of ether oxygens (including phenoxy) is 5. The number of hydrogen-bond acceptors (Lipinski definition) is 13. The van der Waals surface area contributed by atoms with Crippen LogP contribution in [0.25, 0.3) is 11.1 Å². The molecule has 6 N–H and O–H groups in total. The molecule has 1 spiro atoms. The Bertz CT molecular complexity index is 2750. The van der Waals surface area contributed by atoms with Gasteiger partial charge in [0.2, 0.25) is 5.75 Å². The van der Waals surface area contributed by atoms with E-state index in [0.717, 1.165) is 98.4 Å². The van der Waals surface area contributed by atoms with Gasteiger partial charge in [-0.05, 0) is 104 Å². The lowest BCUT2D eigenvalue weighted by atomic mass is 9.47. The number of nitrogens with zero attached hydrogens (tertiary/aromatic N) is 1. The summed E-state index contributed by atoms with van der Waals surface area (Å²) in [5.74, 6) is 0.371. The summed E-state index contributed by atoms with van der Waals surface area (Å²) < 4.78 is 31.2. The Labute approximate surface area is 421 Å². The summed E-state index contributed by atoms with van der Waals surface area (Å²) in [5, 5.41) is 54.2. The van der Waals surface area contributed by atoms with Gasteiger partial charge in [0.25, 0.3) is 11.8 Å². The summed E-state index contributed by atoms with van der Waals surface area (Å²) in [6, 6.07) is 17.6. The van der Waals surface area contributed by atoms with Crippen LogP contribution >= 0.6 is 0 Å². The lowest BCUT2D eigenvalue weighted by Gasteiger charge is -2.61. The second-order valence-corrected chi connectivity index (χ2v) is 21.5. The minimum absolute atomic E-state index is 0.00774. The average Bonchev–Trinajstić information content (AvgIpc) is 4.02. The van der Waals surface area contributed by atoms with Crippen LogP contribution in [-0.4, -0.2) is 90.0 Å². The maximum Gasteiger partial charge on any atom is 0.254 e. The number of anilines is 1. The fraction of sp³-hybridized carbons (Fsp3) is 0.517. The molecular formula is C58H69N3O11. The quantitative estimate of drug-likeness (QED) is 0.0378. The van der Waals surface area contributed by atoms with E-state index in [0.29, 0.717) is 65.4 Å². The fourth-order valence-corrected chi connectivity index (χ4v) is 14.9. The first-order chi connectivity index (χ1) is 35.0. The highest BCUT2D eigenvalue weighted by Gasteiger charge is 2.62. The molecular weight excluding hydrogens is 915 g/mol. The maximum atomic E-state index is 13.8. The van der Waals surface area contributed by atoms with Gasteiger partial charge in [-0.2, -0.15) is 0 Å². The third-order valence-electron chi connectivity index (χ3n) is 18.3. The summed E-state index contributed by atoms with van der Waals surface area (Å²) in [7, 11) is 3.12. The number of amides is 2. The number of nitrogens with one attached hydrogen (secondary N) is 2. The Morgan fingerprint density at radius 2 is 1.51 bits per heavy atom. The molecule has 4 aromatic carbocycles. The number of benzene rings is 4. The summed E-state index contributed by atoms with van der Waals surface area (Å²) in [5.41, 5.74) is 6.00. The average molecular weight is 984 g/mol. The number of aliphatic hydroxyl groups excluding tert-OH is 3. The highest BCUT2D eigenvalue weighted by Crippen LogP contribution is 2.65. The van der Waals surface area contributed by atoms with E-state index in [2.05, 4.69) is 22.8 Å². The van der Waals surface area contributed by atoms with Gasteiger partial charge in [-0.15, -0.1) is 0 Å². The number of aromatic hydroxyl groups is 1. The van der Waals surface area contributed by atoms with Crippen molar-refractivity contribution in [3.05, 3.63) is 100 Å². The molecule has 4 aromatic rings. The third-order valence-corrected chi connectivity index (χ3v) is 18.3. The predicted octanol–water partition coefficient (Wildman–Crippen LogP) is 8.66. The molecule has 0 aromatic heterocycles. The second-order valence-electron chi connectivity index (χ2n) is 21.5. The van der Waals surface area contributed by atoms with E-state index in [-0.39, 0.29) is 66.9 Å². The topological polar surface area (TPSA) is 189 Å². The molecule has 2 amide bonds. The molecule has 0 saturated heterocycles. The van der Waals surface area contributed by atoms with E-state index < -0.39 is 35.1 Å². The van der Waals surface area contributed by atoms with Crippen molar-refractivity contribution in [1.29, 1.82) is 0 Å². The maximum absolute atomic E-state index is 13.8. The molecule has 6 atom stereocenters. The standard InChI is InChI=1S/C58H69N3O11/c1-4-59-33-72-43-28-41(68-2)37-15-16-38-49-40(60-55(67)52(43)51(37)49)27-42-50(38)53(65)39(32-71-42)34-25-44(69-3)54(66)45(26-34)70-31-36(30-62)57(35-13-7-5-8-14-35)24-23-56(19-11-12-20-56)46(29-57)58(21-9-6-10-22-58)61-47(63)17-18-48(61)64/h5,7-8,13-14,17-18,25-28,36,39,46,53,55,59-60,62,65-67H,4,6,9-12,15-16,19-24,29-33H2,1-3H3. The number of methoxy groups -OCH3 is 2. The molecule has 6 unspecified atom stereocenters. The van der Waals surface area contributed by atoms with Crippen molar-refractivity contribution in [2.24, 2.45) is 17.3 Å². The van der Waals surface area contributed by atoms with Gasteiger partial charge in [-0.25, -0.2) is 0 Å². The lowest BCUT2D eigenvalue weighted by molar-refractivity contribution is -0.158. The summed E-state index contributed by atoms with van der Waals surface area (Å²) in [6.45, 7) is 2.91. The van der Waals surface area contributed by atoms with Crippen molar-refractivity contribution in [3.63, 3.8) is 0 Å². The van der Waals surface area contributed by atoms with Gasteiger partial charge in [0.15, 0.2) is 17.7 Å². The molecule has 4 aliphatic carbocycles. The number of aliphatic hydroxyl groups is 3. The largest absolute Gasteiger partial charge is 0.502 e. The van der Waals surface area contributed by atoms with E-state index in [1.807, 2.05) is 37.3 Å². The highest BCUT2D eigenvalue weighted by atomic mass is 16.5. The van der Waals surface area contributed by atoms with Crippen molar-refractivity contribution >= 4 is 17.5 Å². The van der Waals surface area contributed by atoms with Gasteiger partial charge in [-0.3, -0.25) is 19.8 Å². The molecule has 3 saturated carbocycles. The molecule has 3 heterocycles. The van der Waals surface area contributed by atoms with Crippen molar-refractivity contribution < 1.29 is 53.7 Å². The normalized spacial score (nSPS) is 25.8. The van der Waals surface area contributed by atoms with Crippen LogP contribution in [0.5, 0.6) is 34.5 Å². The van der Waals surface area contributed by atoms with Crippen LogP contribution in [0.1, 0.15) is 136 Å². The number of carbonyl (C=O) groups excluding carboxylic acids is 2. The molecule has 0 bridgehead atoms. The van der Waals surface area contributed by atoms with Gasteiger partial charge < -0.3 is 49.4 Å². The molecule has 11 rings (SSSR count). The van der Waals surface area contributed by atoms with Crippen LogP contribution in [0.2, 0.25) is 0 Å². The Hall–Kier alpha value is -5.80. The smallest absolute Gasteiger partial charge is 0.254 e. The first-order valence-electron chi connectivity index (χ1n) is 26.3. The number of phenolic OH excluding ortho intramolecular Hbond substituents is 1. The van der Waals surface area contributed by atoms with E-state index in [9.17, 15) is 30.0 Å².